The highest BCUT2D eigenvalue weighted by atomic mass is 32.2. The van der Waals surface area contributed by atoms with Gasteiger partial charge in [-0.25, -0.2) is 9.97 Å². The van der Waals surface area contributed by atoms with Gasteiger partial charge in [0, 0.05) is 12.2 Å². The summed E-state index contributed by atoms with van der Waals surface area (Å²) in [5.74, 6) is 0.696. The fraction of sp³-hybridized carbons (Fsp3) is 0.643. The molecule has 0 bridgehead atoms. The minimum atomic E-state index is -0.630. The molecule has 1 atom stereocenters. The highest BCUT2D eigenvalue weighted by Crippen LogP contribution is 2.20. The van der Waals surface area contributed by atoms with Gasteiger partial charge in [-0.3, -0.25) is 10.1 Å². The van der Waals surface area contributed by atoms with E-state index in [1.54, 1.807) is 24.3 Å². The summed E-state index contributed by atoms with van der Waals surface area (Å²) in [5, 5.41) is 4.25. The molecule has 0 amide bonds. The highest BCUT2D eigenvalue weighted by molar-refractivity contribution is 7.99. The van der Waals surface area contributed by atoms with Gasteiger partial charge in [0.05, 0.1) is 12.1 Å². The van der Waals surface area contributed by atoms with Crippen molar-refractivity contribution in [3.63, 3.8) is 0 Å². The van der Waals surface area contributed by atoms with Gasteiger partial charge in [0.15, 0.2) is 0 Å². The second-order valence-electron chi connectivity index (χ2n) is 5.12. The Labute approximate surface area is 124 Å². The normalized spacial score (nSPS) is 14.1. The van der Waals surface area contributed by atoms with Crippen LogP contribution in [0.25, 0.3) is 0 Å². The lowest BCUT2D eigenvalue weighted by atomic mass is 9.95. The van der Waals surface area contributed by atoms with Crippen molar-refractivity contribution in [2.24, 2.45) is 0 Å². The van der Waals surface area contributed by atoms with Crippen molar-refractivity contribution in [2.75, 3.05) is 12.9 Å². The maximum atomic E-state index is 11.9. The van der Waals surface area contributed by atoms with E-state index in [-0.39, 0.29) is 12.0 Å². The molecule has 1 rings (SSSR count). The molecular weight excluding hydrogens is 274 g/mol. The summed E-state index contributed by atoms with van der Waals surface area (Å²) >= 11 is 1.67. The molecule has 1 unspecified atom stereocenters. The van der Waals surface area contributed by atoms with Gasteiger partial charge in [-0.15, -0.1) is 11.8 Å². The van der Waals surface area contributed by atoms with Crippen molar-refractivity contribution in [1.82, 2.24) is 15.3 Å². The van der Waals surface area contributed by atoms with Crippen LogP contribution in [0.2, 0.25) is 0 Å². The molecule has 1 aromatic heterocycles. The zero-order chi connectivity index (χ0) is 15.0. The van der Waals surface area contributed by atoms with E-state index in [0.29, 0.717) is 0 Å². The molecule has 0 aliphatic heterocycles. The molecule has 0 saturated heterocycles. The first-order valence-electron chi connectivity index (χ1n) is 6.73. The summed E-state index contributed by atoms with van der Waals surface area (Å²) in [6.45, 7) is 5.95. The molecule has 0 aliphatic rings. The number of aromatic nitrogens is 2. The van der Waals surface area contributed by atoms with Gasteiger partial charge in [0.1, 0.15) is 11.9 Å². The van der Waals surface area contributed by atoms with Gasteiger partial charge in [0.2, 0.25) is 0 Å². The van der Waals surface area contributed by atoms with Crippen molar-refractivity contribution < 1.29 is 9.53 Å². The van der Waals surface area contributed by atoms with E-state index in [0.717, 1.165) is 23.6 Å². The van der Waals surface area contributed by atoms with Crippen LogP contribution in [0.3, 0.4) is 0 Å². The molecule has 20 heavy (non-hydrogen) atoms. The van der Waals surface area contributed by atoms with Crippen LogP contribution in [0.15, 0.2) is 23.6 Å². The number of nitrogens with zero attached hydrogens (tertiary/aromatic N) is 2. The first kappa shape index (κ1) is 16.9. The van der Waals surface area contributed by atoms with Gasteiger partial charge < -0.3 is 4.74 Å². The topological polar surface area (TPSA) is 64.1 Å². The predicted octanol–water partition coefficient (Wildman–Crippen LogP) is 2.28. The third-order valence-corrected chi connectivity index (χ3v) is 3.90. The Kier molecular flexibility index (Phi) is 6.95. The Balaban J connectivity index is 2.44. The average Bonchev–Trinajstić information content (AvgIpc) is 2.43. The van der Waals surface area contributed by atoms with E-state index in [1.165, 1.54) is 7.11 Å². The smallest absolute Gasteiger partial charge is 0.325 e. The van der Waals surface area contributed by atoms with Crippen LogP contribution >= 0.6 is 11.8 Å². The number of hydrogen-bond acceptors (Lipinski definition) is 6. The second kappa shape index (κ2) is 8.21. The van der Waals surface area contributed by atoms with Gasteiger partial charge in [-0.2, -0.15) is 0 Å². The average molecular weight is 297 g/mol. The van der Waals surface area contributed by atoms with Crippen molar-refractivity contribution in [3.05, 3.63) is 18.6 Å². The van der Waals surface area contributed by atoms with E-state index >= 15 is 0 Å². The van der Waals surface area contributed by atoms with E-state index in [1.807, 2.05) is 26.8 Å². The highest BCUT2D eigenvalue weighted by Gasteiger charge is 2.33. The molecule has 0 spiro atoms. The molecule has 0 saturated carbocycles. The summed E-state index contributed by atoms with van der Waals surface area (Å²) in [6, 6.07) is 2.12. The van der Waals surface area contributed by atoms with Crippen LogP contribution < -0.4 is 5.32 Å². The molecular formula is C14H23N3O2S. The number of nitrogens with one attached hydrogen (secondary N) is 1. The van der Waals surface area contributed by atoms with Crippen LogP contribution in [0.5, 0.6) is 0 Å². The number of methoxy groups -OCH3 is 1. The molecule has 0 fully saturated rings. The van der Waals surface area contributed by atoms with E-state index in [9.17, 15) is 4.79 Å². The molecule has 112 valence electrons. The molecule has 1 N–H and O–H groups in total. The number of carbonyl (C=O) groups is 1. The van der Waals surface area contributed by atoms with E-state index in [4.69, 9.17) is 4.74 Å². The molecule has 6 heteroatoms. The number of esters is 1. The van der Waals surface area contributed by atoms with Gasteiger partial charge in [0.25, 0.3) is 0 Å². The summed E-state index contributed by atoms with van der Waals surface area (Å²) in [6.07, 6.45) is 4.91. The lowest BCUT2D eigenvalue weighted by molar-refractivity contribution is -0.148. The Morgan fingerprint density at radius 3 is 2.85 bits per heavy atom. The van der Waals surface area contributed by atoms with Crippen LogP contribution in [0, 0.1) is 0 Å². The van der Waals surface area contributed by atoms with Crippen LogP contribution in [-0.2, 0) is 9.53 Å². The first-order valence-corrected chi connectivity index (χ1v) is 7.71. The lowest BCUT2D eigenvalue weighted by Crippen LogP contribution is -2.53. The zero-order valence-corrected chi connectivity index (χ0v) is 13.4. The van der Waals surface area contributed by atoms with Crippen LogP contribution in [0.4, 0.5) is 0 Å². The second-order valence-corrected chi connectivity index (χ2v) is 6.24. The Hall–Kier alpha value is -1.14. The first-order chi connectivity index (χ1) is 9.48. The van der Waals surface area contributed by atoms with Crippen molar-refractivity contribution >= 4 is 17.7 Å². The van der Waals surface area contributed by atoms with E-state index < -0.39 is 5.54 Å². The summed E-state index contributed by atoms with van der Waals surface area (Å²) in [5.41, 5.74) is -0.630. The van der Waals surface area contributed by atoms with Gasteiger partial charge >= 0.3 is 5.97 Å². The molecule has 0 aromatic carbocycles. The minimum Gasteiger partial charge on any atom is -0.468 e. The third-order valence-electron chi connectivity index (χ3n) is 2.87. The minimum absolute atomic E-state index is 0.210. The largest absolute Gasteiger partial charge is 0.468 e. The lowest BCUT2D eigenvalue weighted by Gasteiger charge is -2.30. The number of ether oxygens (including phenoxy) is 1. The van der Waals surface area contributed by atoms with Crippen molar-refractivity contribution in [2.45, 2.75) is 50.2 Å². The Morgan fingerprint density at radius 2 is 2.30 bits per heavy atom. The molecule has 1 aromatic rings. The fourth-order valence-corrected chi connectivity index (χ4v) is 2.84. The Bertz CT molecular complexity index is 414. The zero-order valence-electron chi connectivity index (χ0n) is 12.5. The predicted molar refractivity (Wildman–Crippen MR) is 80.7 cm³/mol. The number of rotatable bonds is 8. The standard InChI is InChI=1S/C14H23N3O2S/c1-11(2)17-14(3,13(18)19-4)7-5-9-20-12-6-8-15-10-16-12/h6,8,10-11,17H,5,7,9H2,1-4H3. The molecule has 5 nitrogen and oxygen atoms in total. The summed E-state index contributed by atoms with van der Waals surface area (Å²) in [7, 11) is 1.43. The summed E-state index contributed by atoms with van der Waals surface area (Å²) < 4.78 is 4.90. The number of carbonyl (C=O) groups excluding carboxylic acids is 1. The van der Waals surface area contributed by atoms with Crippen molar-refractivity contribution in [1.29, 1.82) is 0 Å². The Morgan fingerprint density at radius 1 is 1.55 bits per heavy atom. The van der Waals surface area contributed by atoms with Crippen LogP contribution in [0.1, 0.15) is 33.6 Å². The SMILES string of the molecule is COC(=O)C(C)(CCCSc1ccncn1)NC(C)C. The quantitative estimate of drug-likeness (QED) is 0.344. The number of hydrogen-bond donors (Lipinski definition) is 1. The molecule has 0 radical (unpaired) electrons. The van der Waals surface area contributed by atoms with Gasteiger partial charge in [-0.05, 0) is 45.4 Å². The summed E-state index contributed by atoms with van der Waals surface area (Å²) in [4.78, 5) is 20.0. The van der Waals surface area contributed by atoms with Crippen LogP contribution in [-0.4, -0.2) is 40.4 Å². The molecule has 0 aliphatic carbocycles. The van der Waals surface area contributed by atoms with E-state index in [2.05, 4.69) is 15.3 Å². The molecule has 1 heterocycles. The maximum absolute atomic E-state index is 11.9. The monoisotopic (exact) mass is 297 g/mol. The number of thioether (sulfide) groups is 1. The van der Waals surface area contributed by atoms with Crippen molar-refractivity contribution in [3.8, 4) is 0 Å². The fourth-order valence-electron chi connectivity index (χ4n) is 2.06. The maximum Gasteiger partial charge on any atom is 0.325 e. The third kappa shape index (κ3) is 5.46. The van der Waals surface area contributed by atoms with Gasteiger partial charge in [-0.1, -0.05) is 0 Å².